The Hall–Kier alpha value is -1.60. The Labute approximate surface area is 181 Å². The highest BCUT2D eigenvalue weighted by Crippen LogP contribution is 2.36. The van der Waals surface area contributed by atoms with E-state index in [9.17, 15) is 0 Å². The van der Waals surface area contributed by atoms with Crippen molar-refractivity contribution in [3.05, 3.63) is 45.4 Å². The van der Waals surface area contributed by atoms with E-state index in [0.717, 1.165) is 68.6 Å². The van der Waals surface area contributed by atoms with Crippen LogP contribution in [-0.2, 0) is 0 Å². The average Bonchev–Trinajstić information content (AvgIpc) is 3.33. The summed E-state index contributed by atoms with van der Waals surface area (Å²) >= 11 is 16.0. The maximum absolute atomic E-state index is 6.25. The van der Waals surface area contributed by atoms with Gasteiger partial charge in [-0.1, -0.05) is 45.9 Å². The summed E-state index contributed by atoms with van der Waals surface area (Å²) in [5, 5.41) is 3.71. The number of piperazine rings is 1. The van der Waals surface area contributed by atoms with E-state index in [1.807, 2.05) is 26.0 Å². The molecule has 3 heterocycles. The van der Waals surface area contributed by atoms with E-state index >= 15 is 0 Å². The predicted octanol–water partition coefficient (Wildman–Crippen LogP) is 6.16. The number of rotatable bonds is 2. The third-order valence-corrected chi connectivity index (χ3v) is 8.28. The highest BCUT2D eigenvalue weighted by atomic mass is 35.5. The lowest BCUT2D eigenvalue weighted by Gasteiger charge is -2.34. The van der Waals surface area contributed by atoms with E-state index in [1.54, 1.807) is 22.7 Å². The molecule has 1 fully saturated rings. The fourth-order valence-corrected chi connectivity index (χ4v) is 6.00. The molecule has 1 saturated heterocycles. The molecule has 8 heteroatoms. The van der Waals surface area contributed by atoms with Crippen LogP contribution in [-0.4, -0.2) is 36.1 Å². The molecular formula is C20H18Cl2N4S2. The van der Waals surface area contributed by atoms with Crippen molar-refractivity contribution in [1.29, 1.82) is 0 Å². The Morgan fingerprint density at radius 2 is 1.11 bits per heavy atom. The summed E-state index contributed by atoms with van der Waals surface area (Å²) in [6.45, 7) is 7.80. The molecule has 0 N–H and O–H groups in total. The highest BCUT2D eigenvalue weighted by molar-refractivity contribution is 7.22. The van der Waals surface area contributed by atoms with E-state index in [0.29, 0.717) is 0 Å². The largest absolute Gasteiger partial charge is 0.345 e. The fraction of sp³-hybridized carbons (Fsp3) is 0.300. The van der Waals surface area contributed by atoms with Crippen molar-refractivity contribution in [3.63, 3.8) is 0 Å². The SMILES string of the molecule is Cc1c(Cl)ccc2sc(N3CCN(c4nc5c(C)c(Cl)ccc5s4)CC3)nc12. The molecule has 0 bridgehead atoms. The number of anilines is 2. The van der Waals surface area contributed by atoms with Gasteiger partial charge >= 0.3 is 0 Å². The lowest BCUT2D eigenvalue weighted by Crippen LogP contribution is -2.46. The van der Waals surface area contributed by atoms with Gasteiger partial charge in [-0.05, 0) is 49.2 Å². The van der Waals surface area contributed by atoms with Crippen LogP contribution in [0.4, 0.5) is 10.3 Å². The minimum Gasteiger partial charge on any atom is -0.345 e. The summed E-state index contributed by atoms with van der Waals surface area (Å²) in [5.74, 6) is 0. The average molecular weight is 449 g/mol. The van der Waals surface area contributed by atoms with Gasteiger partial charge in [0, 0.05) is 36.2 Å². The summed E-state index contributed by atoms with van der Waals surface area (Å²) in [5.41, 5.74) is 4.16. The Bertz CT molecular complexity index is 1100. The molecule has 4 aromatic rings. The first-order valence-electron chi connectivity index (χ1n) is 9.12. The smallest absolute Gasteiger partial charge is 0.186 e. The van der Waals surface area contributed by atoms with E-state index < -0.39 is 0 Å². The first-order valence-corrected chi connectivity index (χ1v) is 11.5. The van der Waals surface area contributed by atoms with Crippen molar-refractivity contribution >= 4 is 76.6 Å². The van der Waals surface area contributed by atoms with Crippen LogP contribution in [0.2, 0.25) is 10.0 Å². The van der Waals surface area contributed by atoms with Crippen molar-refractivity contribution in [2.24, 2.45) is 0 Å². The molecule has 28 heavy (non-hydrogen) atoms. The zero-order valence-corrected chi connectivity index (χ0v) is 18.6. The molecule has 1 aliphatic heterocycles. The van der Waals surface area contributed by atoms with Crippen molar-refractivity contribution in [1.82, 2.24) is 9.97 Å². The fourth-order valence-electron chi connectivity index (χ4n) is 3.54. The maximum Gasteiger partial charge on any atom is 0.186 e. The highest BCUT2D eigenvalue weighted by Gasteiger charge is 2.23. The van der Waals surface area contributed by atoms with Gasteiger partial charge in [0.25, 0.3) is 0 Å². The van der Waals surface area contributed by atoms with E-state index in [4.69, 9.17) is 33.2 Å². The lowest BCUT2D eigenvalue weighted by molar-refractivity contribution is 0.651. The second kappa shape index (κ2) is 7.02. The first kappa shape index (κ1) is 18.4. The Kier molecular flexibility index (Phi) is 4.62. The topological polar surface area (TPSA) is 32.3 Å². The summed E-state index contributed by atoms with van der Waals surface area (Å²) in [7, 11) is 0. The first-order chi connectivity index (χ1) is 13.5. The monoisotopic (exact) mass is 448 g/mol. The van der Waals surface area contributed by atoms with Crippen LogP contribution in [0.5, 0.6) is 0 Å². The lowest BCUT2D eigenvalue weighted by atomic mass is 10.2. The second-order valence-electron chi connectivity index (χ2n) is 7.01. The van der Waals surface area contributed by atoms with Gasteiger partial charge < -0.3 is 9.80 Å². The van der Waals surface area contributed by atoms with Crippen molar-refractivity contribution < 1.29 is 0 Å². The van der Waals surface area contributed by atoms with Crippen LogP contribution in [0.1, 0.15) is 11.1 Å². The van der Waals surface area contributed by atoms with Crippen LogP contribution >= 0.6 is 45.9 Å². The number of hydrogen-bond acceptors (Lipinski definition) is 6. The van der Waals surface area contributed by atoms with Gasteiger partial charge in [-0.3, -0.25) is 0 Å². The van der Waals surface area contributed by atoms with Crippen LogP contribution < -0.4 is 9.80 Å². The number of aryl methyl sites for hydroxylation is 2. The minimum absolute atomic E-state index is 0.778. The number of aromatic nitrogens is 2. The van der Waals surface area contributed by atoms with Crippen LogP contribution in [0.15, 0.2) is 24.3 Å². The van der Waals surface area contributed by atoms with Gasteiger partial charge in [0.2, 0.25) is 0 Å². The molecule has 1 aliphatic rings. The summed E-state index contributed by atoms with van der Waals surface area (Å²) in [4.78, 5) is 14.5. The Balaban J connectivity index is 1.36. The molecule has 2 aromatic carbocycles. The standard InChI is InChI=1S/C20H18Cl2N4S2/c1-11-13(21)3-5-15-17(11)23-19(27-15)25-7-9-26(10-8-25)20-24-18-12(2)14(22)4-6-16(18)28-20/h3-6H,7-10H2,1-2H3. The van der Waals surface area contributed by atoms with E-state index in [-0.39, 0.29) is 0 Å². The number of benzene rings is 2. The van der Waals surface area contributed by atoms with Gasteiger partial charge in [0.1, 0.15) is 0 Å². The predicted molar refractivity (Wildman–Crippen MR) is 123 cm³/mol. The molecule has 0 spiro atoms. The van der Waals surface area contributed by atoms with Gasteiger partial charge in [0.05, 0.1) is 20.4 Å². The number of thiazole rings is 2. The third-order valence-electron chi connectivity index (χ3n) is 5.29. The van der Waals surface area contributed by atoms with Crippen LogP contribution in [0, 0.1) is 13.8 Å². The number of nitrogens with zero attached hydrogens (tertiary/aromatic N) is 4. The molecule has 4 nitrogen and oxygen atoms in total. The zero-order chi connectivity index (χ0) is 19.4. The minimum atomic E-state index is 0.778. The quantitative estimate of drug-likeness (QED) is 0.367. The van der Waals surface area contributed by atoms with Crippen LogP contribution in [0.3, 0.4) is 0 Å². The molecule has 0 saturated carbocycles. The van der Waals surface area contributed by atoms with Gasteiger partial charge in [-0.25, -0.2) is 9.97 Å². The zero-order valence-electron chi connectivity index (χ0n) is 15.5. The molecule has 0 atom stereocenters. The van der Waals surface area contributed by atoms with E-state index in [1.165, 1.54) is 9.40 Å². The summed E-state index contributed by atoms with van der Waals surface area (Å²) in [6, 6.07) is 8.05. The molecule has 0 aliphatic carbocycles. The molecule has 0 amide bonds. The molecule has 0 unspecified atom stereocenters. The van der Waals surface area contributed by atoms with Gasteiger partial charge in [-0.2, -0.15) is 0 Å². The maximum atomic E-state index is 6.25. The summed E-state index contributed by atoms with van der Waals surface area (Å²) < 4.78 is 2.38. The van der Waals surface area contributed by atoms with Crippen LogP contribution in [0.25, 0.3) is 20.4 Å². The molecule has 5 rings (SSSR count). The molecule has 2 aromatic heterocycles. The van der Waals surface area contributed by atoms with Crippen molar-refractivity contribution in [2.45, 2.75) is 13.8 Å². The molecular weight excluding hydrogens is 431 g/mol. The summed E-state index contributed by atoms with van der Waals surface area (Å²) in [6.07, 6.45) is 0. The van der Waals surface area contributed by atoms with Crippen molar-refractivity contribution in [2.75, 3.05) is 36.0 Å². The third kappa shape index (κ3) is 3.03. The van der Waals surface area contributed by atoms with Gasteiger partial charge in [-0.15, -0.1) is 0 Å². The normalized spacial score (nSPS) is 15.1. The Morgan fingerprint density at radius 3 is 1.50 bits per heavy atom. The Morgan fingerprint density at radius 1 is 0.714 bits per heavy atom. The number of hydrogen-bond donors (Lipinski definition) is 0. The van der Waals surface area contributed by atoms with E-state index in [2.05, 4.69) is 21.9 Å². The number of halogens is 2. The second-order valence-corrected chi connectivity index (χ2v) is 9.84. The molecule has 0 radical (unpaired) electrons. The number of fused-ring (bicyclic) bond motifs is 2. The van der Waals surface area contributed by atoms with Crippen molar-refractivity contribution in [3.8, 4) is 0 Å². The molecule has 144 valence electrons. The van der Waals surface area contributed by atoms with Gasteiger partial charge in [0.15, 0.2) is 10.3 Å².